The number of ether oxygens (including phenoxy) is 2. The number of fused-ring (bicyclic) bond motifs is 1. The van der Waals surface area contributed by atoms with Gasteiger partial charge in [0.1, 0.15) is 24.3 Å². The Morgan fingerprint density at radius 1 is 1.44 bits per heavy atom. The van der Waals surface area contributed by atoms with Crippen LogP contribution in [0.15, 0.2) is 59.9 Å². The molecule has 6 heteroatoms. The van der Waals surface area contributed by atoms with E-state index in [1.54, 1.807) is 6.08 Å². The standard InChI is InChI=1S/C19H20O6/c1-10(2)18(22)24-14-8-13(9-20)7-5-6-11(3)16(21)17-15(14)12(4)19(23)25-17/h7-9,15-17,21H,1,3-6H2,2H3/b13-7+,14-8+/t15-,16+,17+/m1/s1. The van der Waals surface area contributed by atoms with Crippen LogP contribution in [0.5, 0.6) is 0 Å². The van der Waals surface area contributed by atoms with E-state index in [1.807, 2.05) is 0 Å². The summed E-state index contributed by atoms with van der Waals surface area (Å²) >= 11 is 0. The third-order valence-corrected chi connectivity index (χ3v) is 4.09. The van der Waals surface area contributed by atoms with Gasteiger partial charge in [-0.2, -0.15) is 0 Å². The quantitative estimate of drug-likeness (QED) is 0.364. The molecule has 0 aromatic rings. The van der Waals surface area contributed by atoms with E-state index in [0.29, 0.717) is 24.7 Å². The van der Waals surface area contributed by atoms with Crippen molar-refractivity contribution in [3.05, 3.63) is 59.9 Å². The number of allylic oxidation sites excluding steroid dienone is 3. The topological polar surface area (TPSA) is 89.9 Å². The molecule has 0 bridgehead atoms. The fourth-order valence-electron chi connectivity index (χ4n) is 2.66. The summed E-state index contributed by atoms with van der Waals surface area (Å²) in [6.45, 7) is 12.5. The molecule has 0 spiro atoms. The lowest BCUT2D eigenvalue weighted by Crippen LogP contribution is -2.35. The van der Waals surface area contributed by atoms with Crippen molar-refractivity contribution in [2.75, 3.05) is 0 Å². The first-order chi connectivity index (χ1) is 11.8. The van der Waals surface area contributed by atoms with Crippen molar-refractivity contribution in [2.24, 2.45) is 5.92 Å². The van der Waals surface area contributed by atoms with Gasteiger partial charge in [-0.3, -0.25) is 4.79 Å². The zero-order valence-electron chi connectivity index (χ0n) is 14.0. The Kier molecular flexibility index (Phi) is 5.54. The molecule has 1 aliphatic heterocycles. The number of hydrogen-bond acceptors (Lipinski definition) is 6. The Hall–Kier alpha value is -2.73. The summed E-state index contributed by atoms with van der Waals surface area (Å²) in [6.07, 6.45) is 2.31. The van der Waals surface area contributed by atoms with Crippen LogP contribution in [-0.2, 0) is 23.9 Å². The average molecular weight is 344 g/mol. The molecular formula is C19H20O6. The minimum Gasteiger partial charge on any atom is -0.455 e. The van der Waals surface area contributed by atoms with Gasteiger partial charge in [0.2, 0.25) is 0 Å². The summed E-state index contributed by atoms with van der Waals surface area (Å²) in [5.74, 6) is -2.33. The van der Waals surface area contributed by atoms with Crippen LogP contribution in [0, 0.1) is 5.92 Å². The predicted octanol–water partition coefficient (Wildman–Crippen LogP) is 1.92. The molecule has 2 aliphatic rings. The van der Waals surface area contributed by atoms with E-state index in [-0.39, 0.29) is 22.5 Å². The summed E-state index contributed by atoms with van der Waals surface area (Å²) in [5.41, 5.74) is 0.904. The zero-order chi connectivity index (χ0) is 18.7. The maximum Gasteiger partial charge on any atom is 0.338 e. The second kappa shape index (κ2) is 7.44. The molecule has 3 atom stereocenters. The first-order valence-electron chi connectivity index (χ1n) is 7.76. The number of carbonyl (C=O) groups is 3. The van der Waals surface area contributed by atoms with Crippen molar-refractivity contribution in [2.45, 2.75) is 32.0 Å². The fourth-order valence-corrected chi connectivity index (χ4v) is 2.66. The number of esters is 2. The van der Waals surface area contributed by atoms with Gasteiger partial charge in [0.15, 0.2) is 0 Å². The molecule has 0 aromatic heterocycles. The summed E-state index contributed by atoms with van der Waals surface area (Å²) in [4.78, 5) is 35.3. The molecular weight excluding hydrogens is 324 g/mol. The SMILES string of the molecule is C=C(C)C(=O)O/C1=C/C(C=O)=C\CCC(=C)[C@H](O)[C@H]2OC(=O)C(=C)[C@H]12. The molecule has 1 aliphatic carbocycles. The van der Waals surface area contributed by atoms with Gasteiger partial charge in [0.05, 0.1) is 5.92 Å². The molecule has 2 rings (SSSR count). The van der Waals surface area contributed by atoms with Crippen LogP contribution in [0.2, 0.25) is 0 Å². The van der Waals surface area contributed by atoms with Gasteiger partial charge in [-0.25, -0.2) is 9.59 Å². The van der Waals surface area contributed by atoms with Gasteiger partial charge in [0.25, 0.3) is 0 Å². The minimum atomic E-state index is -1.15. The van der Waals surface area contributed by atoms with Crippen LogP contribution in [0.3, 0.4) is 0 Å². The maximum atomic E-state index is 12.0. The summed E-state index contributed by atoms with van der Waals surface area (Å²) in [5, 5.41) is 10.5. The van der Waals surface area contributed by atoms with E-state index in [1.165, 1.54) is 13.0 Å². The lowest BCUT2D eigenvalue weighted by Gasteiger charge is -2.26. The molecule has 1 fully saturated rings. The fraction of sp³-hybridized carbons (Fsp3) is 0.316. The van der Waals surface area contributed by atoms with E-state index >= 15 is 0 Å². The molecule has 1 N–H and O–H groups in total. The molecule has 0 unspecified atom stereocenters. The second-order valence-corrected chi connectivity index (χ2v) is 6.05. The highest BCUT2D eigenvalue weighted by molar-refractivity contribution is 5.93. The first kappa shape index (κ1) is 18.6. The number of carbonyl (C=O) groups excluding carboxylic acids is 3. The van der Waals surface area contributed by atoms with E-state index < -0.39 is 30.1 Å². The molecule has 0 radical (unpaired) electrons. The Morgan fingerprint density at radius 2 is 2.12 bits per heavy atom. The van der Waals surface area contributed by atoms with Crippen LogP contribution < -0.4 is 0 Å². The Balaban J connectivity index is 2.56. The normalized spacial score (nSPS) is 31.0. The van der Waals surface area contributed by atoms with Crippen molar-refractivity contribution in [3.63, 3.8) is 0 Å². The van der Waals surface area contributed by atoms with Crippen LogP contribution in [0.1, 0.15) is 19.8 Å². The van der Waals surface area contributed by atoms with Crippen LogP contribution in [-0.4, -0.2) is 35.5 Å². The van der Waals surface area contributed by atoms with Gasteiger partial charge in [-0.15, -0.1) is 0 Å². The largest absolute Gasteiger partial charge is 0.455 e. The van der Waals surface area contributed by atoms with E-state index in [0.717, 1.165) is 0 Å². The molecule has 1 saturated heterocycles. The van der Waals surface area contributed by atoms with Gasteiger partial charge in [-0.05, 0) is 31.4 Å². The van der Waals surface area contributed by atoms with Gasteiger partial charge >= 0.3 is 11.9 Å². The number of aliphatic hydroxyl groups is 1. The molecule has 0 amide bonds. The predicted molar refractivity (Wildman–Crippen MR) is 90.0 cm³/mol. The lowest BCUT2D eigenvalue weighted by molar-refractivity contribution is -0.143. The van der Waals surface area contributed by atoms with Gasteiger partial charge in [0, 0.05) is 16.7 Å². The van der Waals surface area contributed by atoms with Crippen molar-refractivity contribution in [1.29, 1.82) is 0 Å². The molecule has 0 saturated carbocycles. The van der Waals surface area contributed by atoms with E-state index in [2.05, 4.69) is 19.7 Å². The van der Waals surface area contributed by atoms with Crippen molar-refractivity contribution >= 4 is 18.2 Å². The third-order valence-electron chi connectivity index (χ3n) is 4.09. The van der Waals surface area contributed by atoms with Crippen molar-refractivity contribution in [1.82, 2.24) is 0 Å². The summed E-state index contributed by atoms with van der Waals surface area (Å²) < 4.78 is 10.5. The maximum absolute atomic E-state index is 12.0. The van der Waals surface area contributed by atoms with Crippen molar-refractivity contribution < 1.29 is 29.0 Å². The Labute approximate surface area is 145 Å². The number of rotatable bonds is 3. The Morgan fingerprint density at radius 3 is 2.72 bits per heavy atom. The number of hydrogen-bond donors (Lipinski definition) is 1. The monoisotopic (exact) mass is 344 g/mol. The van der Waals surface area contributed by atoms with Crippen LogP contribution in [0.25, 0.3) is 0 Å². The van der Waals surface area contributed by atoms with Gasteiger partial charge in [-0.1, -0.05) is 25.8 Å². The second-order valence-electron chi connectivity index (χ2n) is 6.05. The van der Waals surface area contributed by atoms with Crippen LogP contribution >= 0.6 is 0 Å². The van der Waals surface area contributed by atoms with E-state index in [9.17, 15) is 19.5 Å². The summed E-state index contributed by atoms with van der Waals surface area (Å²) in [6, 6.07) is 0. The number of aliphatic hydroxyl groups excluding tert-OH is 1. The zero-order valence-corrected chi connectivity index (χ0v) is 14.0. The number of aldehydes is 1. The smallest absolute Gasteiger partial charge is 0.338 e. The summed E-state index contributed by atoms with van der Waals surface area (Å²) in [7, 11) is 0. The molecule has 1 heterocycles. The molecule has 0 aromatic carbocycles. The average Bonchev–Trinajstić information content (AvgIpc) is 2.86. The van der Waals surface area contributed by atoms with Crippen LogP contribution in [0.4, 0.5) is 0 Å². The molecule has 25 heavy (non-hydrogen) atoms. The molecule has 132 valence electrons. The first-order valence-corrected chi connectivity index (χ1v) is 7.76. The third kappa shape index (κ3) is 3.85. The highest BCUT2D eigenvalue weighted by atomic mass is 16.6. The highest BCUT2D eigenvalue weighted by Gasteiger charge is 2.47. The van der Waals surface area contributed by atoms with E-state index in [4.69, 9.17) is 9.47 Å². The minimum absolute atomic E-state index is 0.000880. The molecule has 6 nitrogen and oxygen atoms in total. The van der Waals surface area contributed by atoms with Gasteiger partial charge < -0.3 is 14.6 Å². The Bertz CT molecular complexity index is 724. The highest BCUT2D eigenvalue weighted by Crippen LogP contribution is 2.38. The lowest BCUT2D eigenvalue weighted by atomic mass is 9.86. The van der Waals surface area contributed by atoms with Crippen molar-refractivity contribution in [3.8, 4) is 0 Å².